The quantitative estimate of drug-likeness (QED) is 0.749. The van der Waals surface area contributed by atoms with Crippen molar-refractivity contribution in [2.24, 2.45) is 0 Å². The van der Waals surface area contributed by atoms with E-state index in [-0.39, 0.29) is 18.4 Å². The first-order valence-corrected chi connectivity index (χ1v) is 7.38. The Morgan fingerprint density at radius 1 is 1.47 bits per heavy atom. The second kappa shape index (κ2) is 6.52. The summed E-state index contributed by atoms with van der Waals surface area (Å²) in [6.45, 7) is 8.07. The molecule has 19 heavy (non-hydrogen) atoms. The lowest BCUT2D eigenvalue weighted by molar-refractivity contribution is 0.0313. The molecule has 0 radical (unpaired) electrons. The van der Waals surface area contributed by atoms with Crippen LogP contribution in [0.25, 0.3) is 0 Å². The highest BCUT2D eigenvalue weighted by Gasteiger charge is 2.25. The van der Waals surface area contributed by atoms with Crippen LogP contribution in [0, 0.1) is 0 Å². The summed E-state index contributed by atoms with van der Waals surface area (Å²) in [7, 11) is 0. The van der Waals surface area contributed by atoms with Crippen LogP contribution < -0.4 is 5.32 Å². The summed E-state index contributed by atoms with van der Waals surface area (Å²) in [5, 5.41) is 19.7. The summed E-state index contributed by atoms with van der Waals surface area (Å²) >= 11 is 3.39. The average Bonchev–Trinajstić information content (AvgIpc) is 2.77. The number of rotatable bonds is 6. The summed E-state index contributed by atoms with van der Waals surface area (Å²) in [5.74, 6) is -0.0259. The third kappa shape index (κ3) is 3.79. The zero-order valence-electron chi connectivity index (χ0n) is 11.9. The molecule has 1 rings (SSSR count). The number of nitrogens with one attached hydrogen (secondary N) is 2. The van der Waals surface area contributed by atoms with Gasteiger partial charge in [-0.2, -0.15) is 5.10 Å². The molecule has 1 heterocycles. The number of carbonyl (C=O) groups excluding carboxylic acids is 1. The predicted octanol–water partition coefficient (Wildman–Crippen LogP) is 2.58. The van der Waals surface area contributed by atoms with E-state index in [4.69, 9.17) is 0 Å². The van der Waals surface area contributed by atoms with Crippen molar-refractivity contribution in [1.29, 1.82) is 0 Å². The lowest BCUT2D eigenvalue weighted by Gasteiger charge is -2.25. The molecule has 0 saturated carbocycles. The molecule has 0 spiro atoms. The Labute approximate surface area is 122 Å². The zero-order chi connectivity index (χ0) is 14.6. The monoisotopic (exact) mass is 331 g/mol. The Morgan fingerprint density at radius 3 is 2.47 bits per heavy atom. The van der Waals surface area contributed by atoms with Crippen molar-refractivity contribution in [3.05, 3.63) is 15.9 Å². The lowest BCUT2D eigenvalue weighted by Crippen LogP contribution is -2.42. The molecule has 0 fully saturated rings. The number of aromatic amines is 1. The van der Waals surface area contributed by atoms with Crippen LogP contribution in [-0.2, 0) is 0 Å². The fourth-order valence-corrected chi connectivity index (χ4v) is 2.52. The summed E-state index contributed by atoms with van der Waals surface area (Å²) in [4.78, 5) is 12.0. The van der Waals surface area contributed by atoms with Gasteiger partial charge in [0.15, 0.2) is 5.69 Å². The summed E-state index contributed by atoms with van der Waals surface area (Å²) < 4.78 is 0.691. The van der Waals surface area contributed by atoms with Gasteiger partial charge in [0.2, 0.25) is 0 Å². The molecule has 108 valence electrons. The first-order valence-electron chi connectivity index (χ1n) is 6.59. The van der Waals surface area contributed by atoms with Gasteiger partial charge in [-0.25, -0.2) is 0 Å². The van der Waals surface area contributed by atoms with Gasteiger partial charge >= 0.3 is 0 Å². The number of aromatic nitrogens is 2. The van der Waals surface area contributed by atoms with Gasteiger partial charge < -0.3 is 10.4 Å². The van der Waals surface area contributed by atoms with E-state index in [1.54, 1.807) is 0 Å². The maximum Gasteiger partial charge on any atom is 0.273 e. The van der Waals surface area contributed by atoms with Gasteiger partial charge in [-0.1, -0.05) is 27.7 Å². The Kier molecular flexibility index (Phi) is 5.55. The molecule has 1 aromatic rings. The van der Waals surface area contributed by atoms with E-state index in [0.29, 0.717) is 23.0 Å². The molecule has 3 N–H and O–H groups in total. The van der Waals surface area contributed by atoms with Crippen molar-refractivity contribution in [2.45, 2.75) is 52.1 Å². The smallest absolute Gasteiger partial charge is 0.273 e. The van der Waals surface area contributed by atoms with Crippen LogP contribution in [0.15, 0.2) is 4.47 Å². The molecule has 0 aromatic carbocycles. The highest BCUT2D eigenvalue weighted by atomic mass is 79.9. The highest BCUT2D eigenvalue weighted by Crippen LogP contribution is 2.25. The Balaban J connectivity index is 2.74. The molecule has 6 heteroatoms. The van der Waals surface area contributed by atoms with Crippen LogP contribution in [-0.4, -0.2) is 33.4 Å². The van der Waals surface area contributed by atoms with E-state index in [1.807, 2.05) is 27.7 Å². The number of halogens is 1. The van der Waals surface area contributed by atoms with Crippen LogP contribution in [0.3, 0.4) is 0 Å². The minimum absolute atomic E-state index is 0.231. The minimum Gasteiger partial charge on any atom is -0.388 e. The SMILES string of the molecule is CCC(O)(CC)CNC(=O)c1n[nH]c(C(C)C)c1Br. The Morgan fingerprint density at radius 2 is 2.05 bits per heavy atom. The van der Waals surface area contributed by atoms with Crippen molar-refractivity contribution in [3.8, 4) is 0 Å². The third-order valence-corrected chi connectivity index (χ3v) is 4.22. The molecule has 0 bridgehead atoms. The van der Waals surface area contributed by atoms with E-state index < -0.39 is 5.60 Å². The van der Waals surface area contributed by atoms with Crippen LogP contribution in [0.1, 0.15) is 62.6 Å². The van der Waals surface area contributed by atoms with Gasteiger partial charge in [0.25, 0.3) is 5.91 Å². The largest absolute Gasteiger partial charge is 0.388 e. The first-order chi connectivity index (χ1) is 8.84. The van der Waals surface area contributed by atoms with E-state index in [2.05, 4.69) is 31.4 Å². The molecule has 0 unspecified atom stereocenters. The van der Waals surface area contributed by atoms with Crippen LogP contribution in [0.4, 0.5) is 0 Å². The fourth-order valence-electron chi connectivity index (χ4n) is 1.70. The molecular weight excluding hydrogens is 310 g/mol. The Bertz CT molecular complexity index is 439. The van der Waals surface area contributed by atoms with Gasteiger partial charge in [0.05, 0.1) is 15.8 Å². The molecule has 0 aliphatic heterocycles. The highest BCUT2D eigenvalue weighted by molar-refractivity contribution is 9.10. The molecule has 1 amide bonds. The predicted molar refractivity (Wildman–Crippen MR) is 78.2 cm³/mol. The standard InChI is InChI=1S/C13H22BrN3O2/c1-5-13(19,6-2)7-15-12(18)11-9(14)10(8(3)4)16-17-11/h8,19H,5-7H2,1-4H3,(H,15,18)(H,16,17). The lowest BCUT2D eigenvalue weighted by atomic mass is 9.97. The second-order valence-corrected chi connectivity index (χ2v) is 5.86. The van der Waals surface area contributed by atoms with Crippen LogP contribution in [0.2, 0.25) is 0 Å². The number of hydrogen-bond acceptors (Lipinski definition) is 3. The van der Waals surface area contributed by atoms with Gasteiger partial charge in [-0.15, -0.1) is 0 Å². The number of aliphatic hydroxyl groups is 1. The average molecular weight is 332 g/mol. The summed E-state index contributed by atoms with van der Waals surface area (Å²) in [5.41, 5.74) is 0.379. The van der Waals surface area contributed by atoms with Crippen molar-refractivity contribution >= 4 is 21.8 Å². The minimum atomic E-state index is -0.848. The van der Waals surface area contributed by atoms with Crippen molar-refractivity contribution in [2.75, 3.05) is 6.54 Å². The Hall–Kier alpha value is -0.880. The van der Waals surface area contributed by atoms with Crippen LogP contribution in [0.5, 0.6) is 0 Å². The summed E-state index contributed by atoms with van der Waals surface area (Å²) in [6, 6.07) is 0. The fraction of sp³-hybridized carbons (Fsp3) is 0.692. The molecule has 0 aliphatic rings. The molecule has 0 atom stereocenters. The number of amides is 1. The number of hydrogen-bond donors (Lipinski definition) is 3. The van der Waals surface area contributed by atoms with Crippen molar-refractivity contribution < 1.29 is 9.90 Å². The van der Waals surface area contributed by atoms with E-state index in [0.717, 1.165) is 5.69 Å². The van der Waals surface area contributed by atoms with Crippen molar-refractivity contribution in [3.63, 3.8) is 0 Å². The zero-order valence-corrected chi connectivity index (χ0v) is 13.5. The van der Waals surface area contributed by atoms with Crippen LogP contribution >= 0.6 is 15.9 Å². The number of H-pyrrole nitrogens is 1. The molecule has 5 nitrogen and oxygen atoms in total. The number of carbonyl (C=O) groups is 1. The maximum atomic E-state index is 12.0. The molecule has 0 saturated heterocycles. The van der Waals surface area contributed by atoms with Gasteiger partial charge in [-0.05, 0) is 34.7 Å². The van der Waals surface area contributed by atoms with Gasteiger partial charge in [-0.3, -0.25) is 9.89 Å². The van der Waals surface area contributed by atoms with Gasteiger partial charge in [0, 0.05) is 6.54 Å². The molecular formula is C13H22BrN3O2. The third-order valence-electron chi connectivity index (χ3n) is 3.42. The van der Waals surface area contributed by atoms with Crippen molar-refractivity contribution in [1.82, 2.24) is 15.5 Å². The molecule has 1 aromatic heterocycles. The van der Waals surface area contributed by atoms with E-state index in [1.165, 1.54) is 0 Å². The van der Waals surface area contributed by atoms with Gasteiger partial charge in [0.1, 0.15) is 0 Å². The van der Waals surface area contributed by atoms with E-state index >= 15 is 0 Å². The topological polar surface area (TPSA) is 78.0 Å². The maximum absolute atomic E-state index is 12.0. The second-order valence-electron chi connectivity index (χ2n) is 5.07. The summed E-state index contributed by atoms with van der Waals surface area (Å²) in [6.07, 6.45) is 1.20. The number of nitrogens with zero attached hydrogens (tertiary/aromatic N) is 1. The van der Waals surface area contributed by atoms with E-state index in [9.17, 15) is 9.90 Å². The molecule has 0 aliphatic carbocycles. The first kappa shape index (κ1) is 16.2. The normalized spacial score (nSPS) is 11.9.